The molecule has 3 rings (SSSR count). The first-order chi connectivity index (χ1) is 13.1. The van der Waals surface area contributed by atoms with Crippen LogP contribution in [0.25, 0.3) is 0 Å². The second-order valence-electron chi connectivity index (χ2n) is 14.1. The first kappa shape index (κ1) is 22.9. The Bertz CT molecular complexity index is 671. The molecule has 0 heterocycles. The summed E-state index contributed by atoms with van der Waals surface area (Å²) in [6, 6.07) is 7.69. The standard InChI is InChI=1S/C29H48/c1-19-11-21-13-20(18-27(2,3)4)14-26(25(21)12-19)22-15-23(28(5,6)7)17-24(16-22)29(8,9)10/h15-17,19-21,25-26H,11-14,18H2,1-10H3. The molecule has 164 valence electrons. The summed E-state index contributed by atoms with van der Waals surface area (Å²) in [4.78, 5) is 0. The Labute approximate surface area is 182 Å². The molecule has 1 aromatic rings. The highest BCUT2D eigenvalue weighted by molar-refractivity contribution is 5.39. The highest BCUT2D eigenvalue weighted by Gasteiger charge is 2.44. The number of hydrogen-bond donors (Lipinski definition) is 0. The largest absolute Gasteiger partial charge is 0.0625 e. The van der Waals surface area contributed by atoms with Crippen molar-refractivity contribution in [2.45, 2.75) is 118 Å². The molecule has 2 aliphatic carbocycles. The van der Waals surface area contributed by atoms with Gasteiger partial charge in [0, 0.05) is 0 Å². The average Bonchev–Trinajstić information content (AvgIpc) is 2.90. The van der Waals surface area contributed by atoms with Crippen molar-refractivity contribution in [1.82, 2.24) is 0 Å². The summed E-state index contributed by atoms with van der Waals surface area (Å²) in [6.45, 7) is 24.1. The van der Waals surface area contributed by atoms with Gasteiger partial charge in [-0.25, -0.2) is 0 Å². The van der Waals surface area contributed by atoms with Crippen molar-refractivity contribution < 1.29 is 0 Å². The molecule has 0 bridgehead atoms. The third kappa shape index (κ3) is 5.48. The molecule has 5 unspecified atom stereocenters. The Kier molecular flexibility index (Phi) is 6.10. The fourth-order valence-electron chi connectivity index (χ4n) is 6.41. The maximum absolute atomic E-state index is 2.60. The summed E-state index contributed by atoms with van der Waals surface area (Å²) in [6.07, 6.45) is 7.18. The van der Waals surface area contributed by atoms with Crippen molar-refractivity contribution in [1.29, 1.82) is 0 Å². The summed E-state index contributed by atoms with van der Waals surface area (Å²) in [5, 5.41) is 0. The van der Waals surface area contributed by atoms with Gasteiger partial charge in [0.15, 0.2) is 0 Å². The molecule has 0 saturated heterocycles. The molecule has 5 atom stereocenters. The van der Waals surface area contributed by atoms with E-state index in [1.54, 1.807) is 5.56 Å². The number of hydrogen-bond acceptors (Lipinski definition) is 0. The second-order valence-corrected chi connectivity index (χ2v) is 14.1. The van der Waals surface area contributed by atoms with E-state index in [1.807, 2.05) is 0 Å². The highest BCUT2D eigenvalue weighted by Crippen LogP contribution is 2.55. The van der Waals surface area contributed by atoms with Gasteiger partial charge in [0.05, 0.1) is 0 Å². The van der Waals surface area contributed by atoms with Gasteiger partial charge < -0.3 is 0 Å². The lowest BCUT2D eigenvalue weighted by Gasteiger charge is -2.42. The molecule has 29 heavy (non-hydrogen) atoms. The topological polar surface area (TPSA) is 0 Å². The smallest absolute Gasteiger partial charge is 0.0128 e. The molecular weight excluding hydrogens is 348 g/mol. The zero-order chi connectivity index (χ0) is 21.8. The average molecular weight is 397 g/mol. The summed E-state index contributed by atoms with van der Waals surface area (Å²) in [7, 11) is 0. The van der Waals surface area contributed by atoms with Crippen LogP contribution in [0.1, 0.15) is 124 Å². The molecule has 0 N–H and O–H groups in total. The van der Waals surface area contributed by atoms with Gasteiger partial charge in [-0.3, -0.25) is 0 Å². The second kappa shape index (κ2) is 7.72. The van der Waals surface area contributed by atoms with Gasteiger partial charge in [0.2, 0.25) is 0 Å². The van der Waals surface area contributed by atoms with E-state index < -0.39 is 0 Å². The Morgan fingerprint density at radius 2 is 1.28 bits per heavy atom. The van der Waals surface area contributed by atoms with E-state index in [0.717, 1.165) is 29.6 Å². The molecule has 2 saturated carbocycles. The van der Waals surface area contributed by atoms with E-state index in [4.69, 9.17) is 0 Å². The van der Waals surface area contributed by atoms with Crippen LogP contribution in [0.3, 0.4) is 0 Å². The Morgan fingerprint density at radius 3 is 1.76 bits per heavy atom. The molecule has 2 aliphatic rings. The molecular formula is C29H48. The van der Waals surface area contributed by atoms with Crippen molar-refractivity contribution in [3.63, 3.8) is 0 Å². The lowest BCUT2D eigenvalue weighted by molar-refractivity contribution is 0.139. The summed E-state index contributed by atoms with van der Waals surface area (Å²) in [5.74, 6) is 4.42. The summed E-state index contributed by atoms with van der Waals surface area (Å²) in [5.41, 5.74) is 5.57. The first-order valence-corrected chi connectivity index (χ1v) is 12.3. The molecule has 0 amide bonds. The van der Waals surface area contributed by atoms with Crippen molar-refractivity contribution >= 4 is 0 Å². The first-order valence-electron chi connectivity index (χ1n) is 12.3. The summed E-state index contributed by atoms with van der Waals surface area (Å²) < 4.78 is 0. The van der Waals surface area contributed by atoms with Gasteiger partial charge >= 0.3 is 0 Å². The lowest BCUT2D eigenvalue weighted by Crippen LogP contribution is -2.30. The monoisotopic (exact) mass is 396 g/mol. The van der Waals surface area contributed by atoms with Crippen LogP contribution in [-0.4, -0.2) is 0 Å². The van der Waals surface area contributed by atoms with Crippen molar-refractivity contribution in [3.05, 3.63) is 34.9 Å². The Morgan fingerprint density at radius 1 is 0.724 bits per heavy atom. The van der Waals surface area contributed by atoms with Crippen LogP contribution in [-0.2, 0) is 10.8 Å². The fourth-order valence-corrected chi connectivity index (χ4v) is 6.41. The number of fused-ring (bicyclic) bond motifs is 1. The molecule has 0 aromatic heterocycles. The third-order valence-electron chi connectivity index (χ3n) is 7.74. The maximum atomic E-state index is 2.60. The SMILES string of the molecule is CC1CC2CC(CC(C)(C)C)CC(c3cc(C(C)(C)C)cc(C(C)(C)C)c3)C2C1. The number of benzene rings is 1. The van der Waals surface area contributed by atoms with Crippen LogP contribution in [0.15, 0.2) is 18.2 Å². The van der Waals surface area contributed by atoms with Crippen LogP contribution >= 0.6 is 0 Å². The molecule has 0 spiro atoms. The minimum Gasteiger partial charge on any atom is -0.0625 e. The van der Waals surface area contributed by atoms with E-state index >= 15 is 0 Å². The predicted molar refractivity (Wildman–Crippen MR) is 129 cm³/mol. The Balaban J connectivity index is 2.03. The zero-order valence-electron chi connectivity index (χ0n) is 21.2. The van der Waals surface area contributed by atoms with Crippen LogP contribution in [0.4, 0.5) is 0 Å². The molecule has 0 heteroatoms. The van der Waals surface area contributed by atoms with Crippen molar-refractivity contribution in [2.75, 3.05) is 0 Å². The van der Waals surface area contributed by atoms with E-state index in [2.05, 4.69) is 87.4 Å². The van der Waals surface area contributed by atoms with E-state index in [0.29, 0.717) is 5.41 Å². The summed E-state index contributed by atoms with van der Waals surface area (Å²) >= 11 is 0. The molecule has 0 nitrogen and oxygen atoms in total. The van der Waals surface area contributed by atoms with Crippen LogP contribution in [0.2, 0.25) is 0 Å². The normalized spacial score (nSPS) is 31.0. The van der Waals surface area contributed by atoms with Gasteiger partial charge in [0.25, 0.3) is 0 Å². The lowest BCUT2D eigenvalue weighted by atomic mass is 9.63. The fraction of sp³-hybridized carbons (Fsp3) is 0.793. The zero-order valence-corrected chi connectivity index (χ0v) is 21.2. The molecule has 0 aliphatic heterocycles. The minimum absolute atomic E-state index is 0.206. The van der Waals surface area contributed by atoms with Gasteiger partial charge in [-0.2, -0.15) is 0 Å². The van der Waals surface area contributed by atoms with E-state index in [-0.39, 0.29) is 10.8 Å². The van der Waals surface area contributed by atoms with Crippen LogP contribution in [0.5, 0.6) is 0 Å². The minimum atomic E-state index is 0.206. The predicted octanol–water partition coefficient (Wildman–Crippen LogP) is 8.87. The van der Waals surface area contributed by atoms with Gasteiger partial charge in [-0.1, -0.05) is 87.4 Å². The van der Waals surface area contributed by atoms with Crippen molar-refractivity contribution in [3.8, 4) is 0 Å². The van der Waals surface area contributed by atoms with Gasteiger partial charge in [0.1, 0.15) is 0 Å². The van der Waals surface area contributed by atoms with E-state index in [9.17, 15) is 0 Å². The van der Waals surface area contributed by atoms with Crippen LogP contribution in [0, 0.1) is 29.1 Å². The maximum Gasteiger partial charge on any atom is -0.0128 e. The molecule has 1 aromatic carbocycles. The van der Waals surface area contributed by atoms with Crippen LogP contribution < -0.4 is 0 Å². The third-order valence-corrected chi connectivity index (χ3v) is 7.74. The van der Waals surface area contributed by atoms with Gasteiger partial charge in [-0.15, -0.1) is 0 Å². The van der Waals surface area contributed by atoms with Crippen molar-refractivity contribution in [2.24, 2.45) is 29.1 Å². The van der Waals surface area contributed by atoms with Gasteiger partial charge in [-0.05, 0) is 94.6 Å². The highest BCUT2D eigenvalue weighted by atomic mass is 14.5. The quantitative estimate of drug-likeness (QED) is 0.468. The van der Waals surface area contributed by atoms with E-state index in [1.165, 1.54) is 43.2 Å². The molecule has 0 radical (unpaired) electrons. The Hall–Kier alpha value is -0.780. The molecule has 2 fully saturated rings. The number of rotatable bonds is 2.